The first-order valence-corrected chi connectivity index (χ1v) is 6.88. The molecule has 0 aliphatic carbocycles. The van der Waals surface area contributed by atoms with Gasteiger partial charge >= 0.3 is 0 Å². The Hall–Kier alpha value is -1.55. The van der Waals surface area contributed by atoms with Crippen molar-refractivity contribution < 1.29 is 0 Å². The molecule has 0 spiro atoms. The number of benzene rings is 1. The summed E-state index contributed by atoms with van der Waals surface area (Å²) in [7, 11) is 2.10. The minimum atomic E-state index is 0.613. The van der Waals surface area contributed by atoms with Crippen molar-refractivity contribution in [2.75, 3.05) is 24.2 Å². The highest BCUT2D eigenvalue weighted by atomic mass is 32.1. The van der Waals surface area contributed by atoms with E-state index in [1.807, 2.05) is 18.2 Å². The van der Waals surface area contributed by atoms with E-state index in [0.29, 0.717) is 11.7 Å². The number of hydrogen-bond donors (Lipinski definition) is 1. The standard InChI is InChI=1S/C14H19N3S/c1-10(2)9-17(3)14-12(13(15)16-18-14)11-7-5-4-6-8-11/h4-8,10H,9H2,1-3H3,(H2,15,16). The highest BCUT2D eigenvalue weighted by Crippen LogP contribution is 2.38. The zero-order valence-corrected chi connectivity index (χ0v) is 11.9. The van der Waals surface area contributed by atoms with Crippen molar-refractivity contribution in [1.82, 2.24) is 4.37 Å². The van der Waals surface area contributed by atoms with Gasteiger partial charge < -0.3 is 10.6 Å². The van der Waals surface area contributed by atoms with Crippen molar-refractivity contribution >= 4 is 22.4 Å². The summed E-state index contributed by atoms with van der Waals surface area (Å²) in [6.45, 7) is 5.42. The average Bonchev–Trinajstić information content (AvgIpc) is 2.71. The molecule has 3 nitrogen and oxygen atoms in total. The summed E-state index contributed by atoms with van der Waals surface area (Å²) < 4.78 is 4.30. The van der Waals surface area contributed by atoms with Gasteiger partial charge in [-0.2, -0.15) is 4.37 Å². The van der Waals surface area contributed by atoms with E-state index < -0.39 is 0 Å². The fourth-order valence-corrected chi connectivity index (χ4v) is 2.86. The zero-order chi connectivity index (χ0) is 13.1. The van der Waals surface area contributed by atoms with E-state index in [9.17, 15) is 0 Å². The molecule has 0 saturated heterocycles. The number of nitrogen functional groups attached to an aromatic ring is 1. The van der Waals surface area contributed by atoms with Crippen LogP contribution in [-0.2, 0) is 0 Å². The molecule has 0 atom stereocenters. The Morgan fingerprint density at radius 1 is 1.28 bits per heavy atom. The van der Waals surface area contributed by atoms with Crippen LogP contribution in [0.2, 0.25) is 0 Å². The highest BCUT2D eigenvalue weighted by molar-refractivity contribution is 7.11. The number of nitrogens with two attached hydrogens (primary N) is 1. The molecule has 0 aliphatic rings. The van der Waals surface area contributed by atoms with E-state index in [1.54, 1.807) is 0 Å². The maximum absolute atomic E-state index is 6.01. The molecule has 0 fully saturated rings. The molecule has 0 radical (unpaired) electrons. The van der Waals surface area contributed by atoms with E-state index in [2.05, 4.69) is 42.3 Å². The van der Waals surface area contributed by atoms with Gasteiger partial charge in [0.1, 0.15) is 10.8 Å². The predicted octanol–water partition coefficient (Wildman–Crippen LogP) is 3.48. The second-order valence-electron chi connectivity index (χ2n) is 4.89. The molecule has 0 saturated carbocycles. The summed E-state index contributed by atoms with van der Waals surface area (Å²) in [4.78, 5) is 2.24. The molecule has 96 valence electrons. The van der Waals surface area contributed by atoms with Crippen molar-refractivity contribution in [3.05, 3.63) is 30.3 Å². The quantitative estimate of drug-likeness (QED) is 0.916. The number of anilines is 2. The molecule has 0 bridgehead atoms. The van der Waals surface area contributed by atoms with Gasteiger partial charge in [-0.15, -0.1) is 0 Å². The fourth-order valence-electron chi connectivity index (χ4n) is 2.06. The van der Waals surface area contributed by atoms with Crippen molar-refractivity contribution in [1.29, 1.82) is 0 Å². The maximum Gasteiger partial charge on any atom is 0.147 e. The summed E-state index contributed by atoms with van der Waals surface area (Å²) in [5, 5.41) is 1.15. The van der Waals surface area contributed by atoms with Crippen LogP contribution in [0.4, 0.5) is 10.8 Å². The van der Waals surface area contributed by atoms with Crippen LogP contribution in [0.15, 0.2) is 30.3 Å². The molecule has 2 rings (SSSR count). The lowest BCUT2D eigenvalue weighted by Crippen LogP contribution is -2.22. The van der Waals surface area contributed by atoms with Gasteiger partial charge in [-0.25, -0.2) is 0 Å². The lowest BCUT2D eigenvalue weighted by atomic mass is 10.1. The summed E-state index contributed by atoms with van der Waals surface area (Å²) in [6, 6.07) is 10.2. The first-order valence-electron chi connectivity index (χ1n) is 6.11. The number of rotatable bonds is 4. The monoisotopic (exact) mass is 261 g/mol. The average molecular weight is 261 g/mol. The Morgan fingerprint density at radius 3 is 2.56 bits per heavy atom. The third-order valence-corrected chi connectivity index (χ3v) is 3.73. The van der Waals surface area contributed by atoms with E-state index in [1.165, 1.54) is 11.5 Å². The third-order valence-electron chi connectivity index (χ3n) is 2.75. The molecular formula is C14H19N3S. The van der Waals surface area contributed by atoms with Gasteiger partial charge in [0.05, 0.1) is 5.56 Å². The largest absolute Gasteiger partial charge is 0.382 e. The van der Waals surface area contributed by atoms with Gasteiger partial charge in [-0.1, -0.05) is 44.2 Å². The van der Waals surface area contributed by atoms with Crippen LogP contribution in [0.1, 0.15) is 13.8 Å². The SMILES string of the molecule is CC(C)CN(C)c1snc(N)c1-c1ccccc1. The first kappa shape index (κ1) is 12.9. The highest BCUT2D eigenvalue weighted by Gasteiger charge is 2.17. The van der Waals surface area contributed by atoms with E-state index in [-0.39, 0.29) is 0 Å². The van der Waals surface area contributed by atoms with Crippen LogP contribution in [0.3, 0.4) is 0 Å². The Kier molecular flexibility index (Phi) is 3.87. The van der Waals surface area contributed by atoms with Gasteiger partial charge in [-0.05, 0) is 23.0 Å². The van der Waals surface area contributed by atoms with Gasteiger partial charge in [0.2, 0.25) is 0 Å². The van der Waals surface area contributed by atoms with Crippen molar-refractivity contribution in [3.8, 4) is 11.1 Å². The molecule has 1 heterocycles. The lowest BCUT2D eigenvalue weighted by molar-refractivity contribution is 0.641. The summed E-state index contributed by atoms with van der Waals surface area (Å²) in [5.74, 6) is 1.23. The maximum atomic E-state index is 6.01. The first-order chi connectivity index (χ1) is 8.59. The van der Waals surface area contributed by atoms with Crippen LogP contribution in [0, 0.1) is 5.92 Å². The number of aromatic nitrogens is 1. The Balaban J connectivity index is 2.39. The fraction of sp³-hybridized carbons (Fsp3) is 0.357. The lowest BCUT2D eigenvalue weighted by Gasteiger charge is -2.20. The van der Waals surface area contributed by atoms with Crippen LogP contribution in [-0.4, -0.2) is 18.0 Å². The van der Waals surface area contributed by atoms with Gasteiger partial charge in [-0.3, -0.25) is 0 Å². The topological polar surface area (TPSA) is 42.2 Å². The Labute approximate surface area is 112 Å². The van der Waals surface area contributed by atoms with Crippen LogP contribution in [0.5, 0.6) is 0 Å². The van der Waals surface area contributed by atoms with Crippen molar-refractivity contribution in [3.63, 3.8) is 0 Å². The molecule has 2 aromatic rings. The molecule has 0 unspecified atom stereocenters. The molecule has 4 heteroatoms. The minimum absolute atomic E-state index is 0.613. The third kappa shape index (κ3) is 2.64. The molecule has 1 aromatic heterocycles. The number of hydrogen-bond acceptors (Lipinski definition) is 4. The zero-order valence-electron chi connectivity index (χ0n) is 11.1. The summed E-state index contributed by atoms with van der Waals surface area (Å²) >= 11 is 1.47. The predicted molar refractivity (Wildman–Crippen MR) is 80.1 cm³/mol. The van der Waals surface area contributed by atoms with Gasteiger partial charge in [0, 0.05) is 13.6 Å². The van der Waals surface area contributed by atoms with Crippen LogP contribution >= 0.6 is 11.5 Å². The van der Waals surface area contributed by atoms with E-state index in [4.69, 9.17) is 5.73 Å². The second-order valence-corrected chi connectivity index (χ2v) is 5.64. The molecule has 0 aliphatic heterocycles. The van der Waals surface area contributed by atoms with Gasteiger partial charge in [0.25, 0.3) is 0 Å². The van der Waals surface area contributed by atoms with Crippen molar-refractivity contribution in [2.45, 2.75) is 13.8 Å². The van der Waals surface area contributed by atoms with Crippen LogP contribution < -0.4 is 10.6 Å². The molecule has 18 heavy (non-hydrogen) atoms. The van der Waals surface area contributed by atoms with E-state index >= 15 is 0 Å². The van der Waals surface area contributed by atoms with E-state index in [0.717, 1.165) is 22.7 Å². The normalized spacial score (nSPS) is 10.9. The minimum Gasteiger partial charge on any atom is -0.382 e. The van der Waals surface area contributed by atoms with Crippen molar-refractivity contribution in [2.24, 2.45) is 5.92 Å². The molecule has 2 N–H and O–H groups in total. The Morgan fingerprint density at radius 2 is 1.94 bits per heavy atom. The summed E-state index contributed by atoms with van der Waals surface area (Å²) in [6.07, 6.45) is 0. The number of nitrogens with zero attached hydrogens (tertiary/aromatic N) is 2. The second kappa shape index (κ2) is 5.40. The van der Waals surface area contributed by atoms with Gasteiger partial charge in [0.15, 0.2) is 0 Å². The Bertz CT molecular complexity index is 505. The van der Waals surface area contributed by atoms with Crippen LogP contribution in [0.25, 0.3) is 11.1 Å². The molecule has 0 amide bonds. The smallest absolute Gasteiger partial charge is 0.147 e. The summed E-state index contributed by atoms with van der Waals surface area (Å²) in [5.41, 5.74) is 8.21. The molecule has 1 aromatic carbocycles. The molecular weight excluding hydrogens is 242 g/mol.